The first-order valence-electron chi connectivity index (χ1n) is 8.73. The molecule has 2 heterocycles. The molecule has 4 rings (SSSR count). The predicted molar refractivity (Wildman–Crippen MR) is 104 cm³/mol. The van der Waals surface area contributed by atoms with Crippen molar-refractivity contribution in [2.24, 2.45) is 0 Å². The fourth-order valence-corrected chi connectivity index (χ4v) is 3.68. The van der Waals surface area contributed by atoms with Crippen LogP contribution in [0.1, 0.15) is 22.5 Å². The summed E-state index contributed by atoms with van der Waals surface area (Å²) in [6.45, 7) is 5.80. The highest BCUT2D eigenvalue weighted by atomic mass is 16.3. The van der Waals surface area contributed by atoms with Crippen LogP contribution in [0.2, 0.25) is 0 Å². The highest BCUT2D eigenvalue weighted by Gasteiger charge is 2.19. The van der Waals surface area contributed by atoms with Crippen molar-refractivity contribution in [3.63, 3.8) is 0 Å². The van der Waals surface area contributed by atoms with Crippen molar-refractivity contribution in [1.82, 2.24) is 14.6 Å². The average molecular weight is 347 g/mol. The van der Waals surface area contributed by atoms with Crippen molar-refractivity contribution in [3.05, 3.63) is 69.3 Å². The van der Waals surface area contributed by atoms with E-state index in [0.29, 0.717) is 17.6 Å². The van der Waals surface area contributed by atoms with E-state index >= 15 is 0 Å². The number of aliphatic hydroxyl groups is 1. The lowest BCUT2D eigenvalue weighted by Crippen LogP contribution is -2.22. The zero-order valence-electron chi connectivity index (χ0n) is 15.1. The summed E-state index contributed by atoms with van der Waals surface area (Å²) in [6.07, 6.45) is 0.320. The smallest absolute Gasteiger partial charge is 0.277 e. The predicted octanol–water partition coefficient (Wildman–Crippen LogP) is 3.30. The molecule has 5 nitrogen and oxygen atoms in total. The molecule has 26 heavy (non-hydrogen) atoms. The molecule has 2 aromatic carbocycles. The molecule has 0 bridgehead atoms. The van der Waals surface area contributed by atoms with Crippen LogP contribution in [0.15, 0.2) is 41.2 Å². The highest BCUT2D eigenvalue weighted by molar-refractivity contribution is 5.92. The van der Waals surface area contributed by atoms with Gasteiger partial charge in [-0.2, -0.15) is 9.61 Å². The zero-order chi connectivity index (χ0) is 18.4. The molecule has 132 valence electrons. The van der Waals surface area contributed by atoms with Gasteiger partial charge in [0.25, 0.3) is 5.56 Å². The van der Waals surface area contributed by atoms with Gasteiger partial charge in [0.15, 0.2) is 0 Å². The van der Waals surface area contributed by atoms with E-state index in [4.69, 9.17) is 0 Å². The van der Waals surface area contributed by atoms with E-state index in [0.717, 1.165) is 33.5 Å². The number of hydrogen-bond acceptors (Lipinski definition) is 3. The van der Waals surface area contributed by atoms with Crippen LogP contribution in [0.4, 0.5) is 0 Å². The molecule has 0 aliphatic carbocycles. The van der Waals surface area contributed by atoms with Crippen LogP contribution in [-0.4, -0.2) is 26.3 Å². The fraction of sp³-hybridized carbons (Fsp3) is 0.238. The van der Waals surface area contributed by atoms with Crippen LogP contribution in [0.5, 0.6) is 0 Å². The lowest BCUT2D eigenvalue weighted by atomic mass is 9.96. The lowest BCUT2D eigenvalue weighted by Gasteiger charge is -2.10. The second kappa shape index (κ2) is 6.11. The number of aromatic nitrogens is 3. The Morgan fingerprint density at radius 3 is 2.50 bits per heavy atom. The summed E-state index contributed by atoms with van der Waals surface area (Å²) < 4.78 is 1.43. The third kappa shape index (κ3) is 2.44. The Labute approximate surface area is 150 Å². The van der Waals surface area contributed by atoms with E-state index in [2.05, 4.69) is 41.3 Å². The van der Waals surface area contributed by atoms with Gasteiger partial charge in [-0.15, -0.1) is 0 Å². The molecule has 0 saturated heterocycles. The molecule has 2 aromatic heterocycles. The number of nitrogens with zero attached hydrogens (tertiary/aromatic N) is 2. The van der Waals surface area contributed by atoms with Gasteiger partial charge in [0, 0.05) is 29.8 Å². The van der Waals surface area contributed by atoms with Crippen LogP contribution >= 0.6 is 0 Å². The molecule has 5 heteroatoms. The number of aliphatic hydroxyl groups excluding tert-OH is 1. The molecule has 0 unspecified atom stereocenters. The highest BCUT2D eigenvalue weighted by Crippen LogP contribution is 2.32. The number of nitrogens with one attached hydrogen (secondary N) is 1. The minimum atomic E-state index is -0.168. The number of H-pyrrole nitrogens is 1. The number of hydrogen-bond donors (Lipinski definition) is 2. The van der Waals surface area contributed by atoms with E-state index in [-0.39, 0.29) is 12.2 Å². The van der Waals surface area contributed by atoms with E-state index in [1.807, 2.05) is 26.0 Å². The third-order valence-corrected chi connectivity index (χ3v) is 4.99. The Kier molecular flexibility index (Phi) is 3.89. The summed E-state index contributed by atoms with van der Waals surface area (Å²) in [7, 11) is 0. The molecule has 2 N–H and O–H groups in total. The Bertz CT molecular complexity index is 1200. The molecule has 0 atom stereocenters. The van der Waals surface area contributed by atoms with Crippen molar-refractivity contribution in [2.45, 2.75) is 27.2 Å². The maximum atomic E-state index is 12.8. The summed E-state index contributed by atoms with van der Waals surface area (Å²) in [5.74, 6) is 0. The van der Waals surface area contributed by atoms with Gasteiger partial charge in [-0.25, -0.2) is 0 Å². The van der Waals surface area contributed by atoms with E-state index in [9.17, 15) is 9.90 Å². The van der Waals surface area contributed by atoms with Crippen LogP contribution in [0.25, 0.3) is 27.5 Å². The molecule has 0 aliphatic rings. The number of aromatic amines is 1. The maximum Gasteiger partial charge on any atom is 0.277 e. The standard InChI is InChI=1S/C21H21N3O2/c1-12-10-15-6-4-5-7-16(15)11-18(12)19-14(3)23-24-20(19)22-13(2)17(8-9-25)21(24)26/h4-7,10-11,22,25H,8-9H2,1-3H3. The minimum Gasteiger partial charge on any atom is -0.396 e. The van der Waals surface area contributed by atoms with Gasteiger partial charge in [0.2, 0.25) is 0 Å². The molecule has 0 saturated carbocycles. The Hall–Kier alpha value is -2.92. The summed E-state index contributed by atoms with van der Waals surface area (Å²) in [5, 5.41) is 16.1. The normalized spacial score (nSPS) is 11.5. The molecular weight excluding hydrogens is 326 g/mol. The molecule has 0 aliphatic heterocycles. The van der Waals surface area contributed by atoms with Crippen LogP contribution in [0, 0.1) is 20.8 Å². The monoisotopic (exact) mass is 347 g/mol. The molecule has 4 aromatic rings. The molecular formula is C21H21N3O2. The summed E-state index contributed by atoms with van der Waals surface area (Å²) in [4.78, 5) is 16.1. The van der Waals surface area contributed by atoms with Crippen LogP contribution in [-0.2, 0) is 6.42 Å². The first kappa shape index (κ1) is 16.5. The summed E-state index contributed by atoms with van der Waals surface area (Å²) >= 11 is 0. The Morgan fingerprint density at radius 2 is 1.81 bits per heavy atom. The largest absolute Gasteiger partial charge is 0.396 e. The zero-order valence-corrected chi connectivity index (χ0v) is 15.1. The van der Waals surface area contributed by atoms with Crippen molar-refractivity contribution < 1.29 is 5.11 Å². The number of benzene rings is 2. The van der Waals surface area contributed by atoms with Gasteiger partial charge in [-0.3, -0.25) is 4.79 Å². The molecule has 0 radical (unpaired) electrons. The Balaban J connectivity index is 2.05. The minimum absolute atomic E-state index is 0.0632. The van der Waals surface area contributed by atoms with Crippen molar-refractivity contribution in [1.29, 1.82) is 0 Å². The van der Waals surface area contributed by atoms with Gasteiger partial charge < -0.3 is 10.1 Å². The van der Waals surface area contributed by atoms with Crippen LogP contribution < -0.4 is 5.56 Å². The molecule has 0 fully saturated rings. The maximum absolute atomic E-state index is 12.8. The van der Waals surface area contributed by atoms with Gasteiger partial charge in [-0.05, 0) is 48.7 Å². The summed E-state index contributed by atoms with van der Waals surface area (Å²) in [5.41, 5.74) is 5.84. The van der Waals surface area contributed by atoms with E-state index in [1.165, 1.54) is 9.90 Å². The van der Waals surface area contributed by atoms with Gasteiger partial charge in [0.05, 0.1) is 5.69 Å². The molecule has 0 amide bonds. The first-order valence-corrected chi connectivity index (χ1v) is 8.73. The lowest BCUT2D eigenvalue weighted by molar-refractivity contribution is 0.298. The first-order chi connectivity index (χ1) is 12.5. The van der Waals surface area contributed by atoms with Crippen molar-refractivity contribution in [2.75, 3.05) is 6.61 Å². The average Bonchev–Trinajstić information content (AvgIpc) is 2.94. The SMILES string of the molecule is Cc1cc2ccccc2cc1-c1c(C)nn2c(=O)c(CCO)c(C)[nH]c12. The van der Waals surface area contributed by atoms with Crippen molar-refractivity contribution >= 4 is 16.4 Å². The molecule has 0 spiro atoms. The third-order valence-electron chi connectivity index (χ3n) is 4.99. The second-order valence-corrected chi connectivity index (χ2v) is 6.74. The van der Waals surface area contributed by atoms with Gasteiger partial charge in [0.1, 0.15) is 5.65 Å². The van der Waals surface area contributed by atoms with Gasteiger partial charge >= 0.3 is 0 Å². The topological polar surface area (TPSA) is 70.4 Å². The van der Waals surface area contributed by atoms with E-state index < -0.39 is 0 Å². The second-order valence-electron chi connectivity index (χ2n) is 6.74. The van der Waals surface area contributed by atoms with E-state index in [1.54, 1.807) is 0 Å². The number of aryl methyl sites for hydroxylation is 3. The fourth-order valence-electron chi connectivity index (χ4n) is 3.68. The van der Waals surface area contributed by atoms with Crippen molar-refractivity contribution in [3.8, 4) is 11.1 Å². The quantitative estimate of drug-likeness (QED) is 0.597. The Morgan fingerprint density at radius 1 is 1.12 bits per heavy atom. The number of rotatable bonds is 3. The van der Waals surface area contributed by atoms with Crippen LogP contribution in [0.3, 0.4) is 0 Å². The summed E-state index contributed by atoms with van der Waals surface area (Å²) in [6, 6.07) is 12.6. The van der Waals surface area contributed by atoms with Gasteiger partial charge in [-0.1, -0.05) is 30.3 Å². The number of fused-ring (bicyclic) bond motifs is 2.